The molecule has 92 valence electrons. The van der Waals surface area contributed by atoms with Gasteiger partial charge in [-0.25, -0.2) is 4.98 Å². The van der Waals surface area contributed by atoms with Gasteiger partial charge in [-0.2, -0.15) is 0 Å². The van der Waals surface area contributed by atoms with Crippen LogP contribution in [0.25, 0.3) is 11.0 Å². The molecule has 3 nitrogen and oxygen atoms in total. The third-order valence-corrected chi connectivity index (χ3v) is 3.67. The van der Waals surface area contributed by atoms with E-state index in [9.17, 15) is 0 Å². The number of hydrogen-bond donors (Lipinski definition) is 1. The highest BCUT2D eigenvalue weighted by Crippen LogP contribution is 2.26. The smallest absolute Gasteiger partial charge is 0.126 e. The van der Waals surface area contributed by atoms with Gasteiger partial charge in [0.25, 0.3) is 0 Å². The molecule has 0 bridgehead atoms. The Balaban J connectivity index is 2.52. The molecule has 1 aromatic carbocycles. The molecule has 0 aliphatic carbocycles. The minimum absolute atomic E-state index is 0.0313. The summed E-state index contributed by atoms with van der Waals surface area (Å²) in [6, 6.07) is 5.71. The quantitative estimate of drug-likeness (QED) is 0.910. The van der Waals surface area contributed by atoms with Crippen LogP contribution in [-0.2, 0) is 7.05 Å². The minimum atomic E-state index is -0.0313. The van der Waals surface area contributed by atoms with Crippen molar-refractivity contribution in [2.45, 2.75) is 26.3 Å². The lowest BCUT2D eigenvalue weighted by molar-refractivity contribution is 0.432. The van der Waals surface area contributed by atoms with E-state index in [1.807, 2.05) is 25.2 Å². The number of halogens is 1. The van der Waals surface area contributed by atoms with Crippen molar-refractivity contribution in [3.63, 3.8) is 0 Å². The lowest BCUT2D eigenvalue weighted by Crippen LogP contribution is -2.22. The molecular formula is C13H18ClN3. The van der Waals surface area contributed by atoms with Crippen LogP contribution < -0.4 is 5.73 Å². The molecule has 0 aliphatic heterocycles. The molecule has 4 heteroatoms. The van der Waals surface area contributed by atoms with Gasteiger partial charge in [-0.1, -0.05) is 31.9 Å². The van der Waals surface area contributed by atoms with Crippen LogP contribution in [0.2, 0.25) is 5.02 Å². The van der Waals surface area contributed by atoms with Gasteiger partial charge in [0.2, 0.25) is 0 Å². The lowest BCUT2D eigenvalue weighted by atomic mass is 9.99. The van der Waals surface area contributed by atoms with Crippen LogP contribution in [0.1, 0.15) is 32.1 Å². The minimum Gasteiger partial charge on any atom is -0.330 e. The van der Waals surface area contributed by atoms with E-state index in [-0.39, 0.29) is 6.04 Å². The highest BCUT2D eigenvalue weighted by atomic mass is 35.5. The molecular weight excluding hydrogens is 234 g/mol. The predicted octanol–water partition coefficient (Wildman–Crippen LogP) is 3.27. The number of benzene rings is 1. The standard InChI is InChI=1S/C13H18ClN3/c1-4-8(2)12(15)13-16-10-7-9(14)5-6-11(10)17(13)3/h5-8,12H,4,15H2,1-3H3. The molecule has 17 heavy (non-hydrogen) atoms. The normalized spacial score (nSPS) is 15.1. The Bertz CT molecular complexity index is 533. The van der Waals surface area contributed by atoms with E-state index in [1.54, 1.807) is 0 Å². The summed E-state index contributed by atoms with van der Waals surface area (Å²) < 4.78 is 2.06. The maximum Gasteiger partial charge on any atom is 0.126 e. The lowest BCUT2D eigenvalue weighted by Gasteiger charge is -2.17. The molecule has 0 amide bonds. The monoisotopic (exact) mass is 251 g/mol. The average Bonchev–Trinajstić information content (AvgIpc) is 2.64. The molecule has 2 aromatic rings. The van der Waals surface area contributed by atoms with Gasteiger partial charge in [0.1, 0.15) is 5.82 Å². The first kappa shape index (κ1) is 12.4. The Kier molecular flexibility index (Phi) is 3.40. The van der Waals surface area contributed by atoms with E-state index >= 15 is 0 Å². The largest absolute Gasteiger partial charge is 0.330 e. The Hall–Kier alpha value is -1.06. The molecule has 0 aliphatic rings. The van der Waals surface area contributed by atoms with E-state index in [2.05, 4.69) is 23.4 Å². The van der Waals surface area contributed by atoms with Crippen LogP contribution in [0, 0.1) is 5.92 Å². The predicted molar refractivity (Wildman–Crippen MR) is 72.1 cm³/mol. The number of nitrogens with two attached hydrogens (primary N) is 1. The molecule has 0 fully saturated rings. The SMILES string of the molecule is CCC(C)C(N)c1nc2cc(Cl)ccc2n1C. The van der Waals surface area contributed by atoms with Crippen molar-refractivity contribution in [3.05, 3.63) is 29.0 Å². The summed E-state index contributed by atoms with van der Waals surface area (Å²) in [5.41, 5.74) is 8.22. The number of rotatable bonds is 3. The molecule has 2 unspecified atom stereocenters. The number of nitrogens with zero attached hydrogens (tertiary/aromatic N) is 2. The molecule has 0 saturated heterocycles. The summed E-state index contributed by atoms with van der Waals surface area (Å²) in [6.45, 7) is 4.29. The van der Waals surface area contributed by atoms with Crippen molar-refractivity contribution in [3.8, 4) is 0 Å². The Labute approximate surface area is 107 Å². The first-order valence-corrected chi connectivity index (χ1v) is 6.29. The number of aromatic nitrogens is 2. The molecule has 0 saturated carbocycles. The van der Waals surface area contributed by atoms with E-state index in [1.165, 1.54) is 0 Å². The van der Waals surface area contributed by atoms with Gasteiger partial charge in [-0.05, 0) is 24.1 Å². The Morgan fingerprint density at radius 1 is 1.47 bits per heavy atom. The summed E-state index contributed by atoms with van der Waals surface area (Å²) in [5.74, 6) is 1.35. The Morgan fingerprint density at radius 2 is 2.18 bits per heavy atom. The van der Waals surface area contributed by atoms with Crippen molar-refractivity contribution >= 4 is 22.6 Å². The Morgan fingerprint density at radius 3 is 2.82 bits per heavy atom. The number of fused-ring (bicyclic) bond motifs is 1. The van der Waals surface area contributed by atoms with E-state index in [0.717, 1.165) is 23.3 Å². The third kappa shape index (κ3) is 2.17. The zero-order valence-corrected chi connectivity index (χ0v) is 11.2. The third-order valence-electron chi connectivity index (χ3n) is 3.43. The van der Waals surface area contributed by atoms with Crippen molar-refractivity contribution in [1.29, 1.82) is 0 Å². The van der Waals surface area contributed by atoms with Crippen molar-refractivity contribution in [1.82, 2.24) is 9.55 Å². The van der Waals surface area contributed by atoms with Gasteiger partial charge in [0, 0.05) is 12.1 Å². The second-order valence-corrected chi connectivity index (χ2v) is 5.01. The summed E-state index contributed by atoms with van der Waals surface area (Å²) in [7, 11) is 2.00. The molecule has 2 N–H and O–H groups in total. The fourth-order valence-electron chi connectivity index (χ4n) is 2.00. The number of imidazole rings is 1. The first-order valence-electron chi connectivity index (χ1n) is 5.92. The molecule has 2 rings (SSSR count). The van der Waals surface area contributed by atoms with Gasteiger partial charge in [0.15, 0.2) is 0 Å². The second kappa shape index (κ2) is 4.67. The number of hydrogen-bond acceptors (Lipinski definition) is 2. The fraction of sp³-hybridized carbons (Fsp3) is 0.462. The van der Waals surface area contributed by atoms with E-state index in [0.29, 0.717) is 10.9 Å². The van der Waals surface area contributed by atoms with Gasteiger partial charge < -0.3 is 10.3 Å². The van der Waals surface area contributed by atoms with Gasteiger partial charge in [0.05, 0.1) is 17.1 Å². The van der Waals surface area contributed by atoms with Crippen LogP contribution in [-0.4, -0.2) is 9.55 Å². The highest BCUT2D eigenvalue weighted by molar-refractivity contribution is 6.31. The maximum atomic E-state index is 6.24. The van der Waals surface area contributed by atoms with Gasteiger partial charge in [-0.15, -0.1) is 0 Å². The fourth-order valence-corrected chi connectivity index (χ4v) is 2.16. The zero-order valence-electron chi connectivity index (χ0n) is 10.4. The molecule has 0 spiro atoms. The maximum absolute atomic E-state index is 6.24. The molecule has 1 heterocycles. The van der Waals surface area contributed by atoms with Crippen molar-refractivity contribution in [2.75, 3.05) is 0 Å². The summed E-state index contributed by atoms with van der Waals surface area (Å²) in [5, 5.41) is 0.708. The van der Waals surface area contributed by atoms with Crippen LogP contribution in [0.4, 0.5) is 0 Å². The van der Waals surface area contributed by atoms with Crippen molar-refractivity contribution in [2.24, 2.45) is 18.7 Å². The van der Waals surface area contributed by atoms with Crippen LogP contribution in [0.5, 0.6) is 0 Å². The van der Waals surface area contributed by atoms with Gasteiger partial charge >= 0.3 is 0 Å². The van der Waals surface area contributed by atoms with Crippen LogP contribution in [0.15, 0.2) is 18.2 Å². The first-order chi connectivity index (χ1) is 8.04. The van der Waals surface area contributed by atoms with Crippen molar-refractivity contribution < 1.29 is 0 Å². The van der Waals surface area contributed by atoms with E-state index in [4.69, 9.17) is 17.3 Å². The second-order valence-electron chi connectivity index (χ2n) is 4.57. The average molecular weight is 252 g/mol. The summed E-state index contributed by atoms with van der Waals surface area (Å²) >= 11 is 5.97. The number of aryl methyl sites for hydroxylation is 1. The molecule has 2 atom stereocenters. The summed E-state index contributed by atoms with van der Waals surface area (Å²) in [4.78, 5) is 4.60. The molecule has 0 radical (unpaired) electrons. The van der Waals surface area contributed by atoms with E-state index < -0.39 is 0 Å². The van der Waals surface area contributed by atoms with Gasteiger partial charge in [-0.3, -0.25) is 0 Å². The zero-order chi connectivity index (χ0) is 12.6. The van der Waals surface area contributed by atoms with Crippen LogP contribution in [0.3, 0.4) is 0 Å². The highest BCUT2D eigenvalue weighted by Gasteiger charge is 2.19. The summed E-state index contributed by atoms with van der Waals surface area (Å²) in [6.07, 6.45) is 1.05. The molecule has 1 aromatic heterocycles. The topological polar surface area (TPSA) is 43.8 Å². The van der Waals surface area contributed by atoms with Crippen LogP contribution >= 0.6 is 11.6 Å².